The van der Waals surface area contributed by atoms with E-state index in [9.17, 15) is 14.4 Å². The van der Waals surface area contributed by atoms with Crippen LogP contribution in [-0.4, -0.2) is 42.1 Å². The maximum atomic E-state index is 13.8. The fraction of sp³-hybridized carbons (Fsp3) is 0.667. The molecule has 4 aliphatic carbocycles. The molecule has 6 nitrogen and oxygen atoms in total. The molecule has 3 saturated heterocycles. The van der Waals surface area contributed by atoms with E-state index in [2.05, 4.69) is 6.58 Å². The molecule has 2 spiro atoms. The predicted molar refractivity (Wildman–Crippen MR) is 93.3 cm³/mol. The van der Waals surface area contributed by atoms with Gasteiger partial charge in [0.15, 0.2) is 5.78 Å². The summed E-state index contributed by atoms with van der Waals surface area (Å²) in [7, 11) is 0. The van der Waals surface area contributed by atoms with Crippen LogP contribution in [0.15, 0.2) is 24.8 Å². The fourth-order valence-electron chi connectivity index (χ4n) is 6.82. The summed E-state index contributed by atoms with van der Waals surface area (Å²) in [4.78, 5) is 39.3. The van der Waals surface area contributed by atoms with Crippen molar-refractivity contribution in [3.63, 3.8) is 0 Å². The lowest BCUT2D eigenvalue weighted by atomic mass is 9.37. The first-order valence-corrected chi connectivity index (χ1v) is 9.85. The maximum Gasteiger partial charge on any atom is 0.313 e. The predicted octanol–water partition coefficient (Wildman–Crippen LogP) is 1.98. The van der Waals surface area contributed by atoms with Crippen molar-refractivity contribution in [1.82, 2.24) is 0 Å². The third-order valence-electron chi connectivity index (χ3n) is 7.70. The highest BCUT2D eigenvalue weighted by molar-refractivity contribution is 6.04. The molecule has 2 saturated carbocycles. The average molecular weight is 372 g/mol. The van der Waals surface area contributed by atoms with Gasteiger partial charge in [0.1, 0.15) is 5.60 Å². The van der Waals surface area contributed by atoms with Crippen molar-refractivity contribution in [3.8, 4) is 0 Å². The highest BCUT2D eigenvalue weighted by Gasteiger charge is 2.85. The third-order valence-corrected chi connectivity index (χ3v) is 7.70. The first-order valence-electron chi connectivity index (χ1n) is 9.85. The van der Waals surface area contributed by atoms with Crippen LogP contribution in [0.1, 0.15) is 32.6 Å². The van der Waals surface area contributed by atoms with Gasteiger partial charge in [0.2, 0.25) is 5.60 Å². The van der Waals surface area contributed by atoms with Gasteiger partial charge in [0.25, 0.3) is 0 Å². The van der Waals surface area contributed by atoms with Gasteiger partial charge in [-0.1, -0.05) is 18.2 Å². The zero-order valence-electron chi connectivity index (χ0n) is 15.4. The number of hydrogen-bond donors (Lipinski definition) is 0. The van der Waals surface area contributed by atoms with Crippen LogP contribution in [0.2, 0.25) is 0 Å². The zero-order valence-corrected chi connectivity index (χ0v) is 15.4. The second-order valence-corrected chi connectivity index (χ2v) is 8.46. The standard InChI is InChI=1S/C21H24O6/c1-3-5-7-19(18(24)25-4-2)13-6-8-20-15(19)9-12(11-26-20)14-10-16(22)27-21(14,20)17(13)23/h3,6,8,12-15H,1,4-5,7,9-11H2,2H3/t12?,13?,14-,15?,19?,20?,21?/m1/s1. The van der Waals surface area contributed by atoms with Gasteiger partial charge >= 0.3 is 11.9 Å². The van der Waals surface area contributed by atoms with Gasteiger partial charge in [0, 0.05) is 11.8 Å². The molecule has 0 amide bonds. The molecule has 0 aromatic carbocycles. The van der Waals surface area contributed by atoms with E-state index in [4.69, 9.17) is 14.2 Å². The number of Topliss-reactive ketones (excluding diaryl/α,β-unsaturated/α-hetero) is 1. The van der Waals surface area contributed by atoms with E-state index in [-0.39, 0.29) is 48.5 Å². The fourth-order valence-corrected chi connectivity index (χ4v) is 6.82. The number of fused-ring (bicyclic) bond motifs is 1. The molecule has 5 bridgehead atoms. The summed E-state index contributed by atoms with van der Waals surface area (Å²) in [6.07, 6.45) is 7.57. The van der Waals surface area contributed by atoms with E-state index in [1.54, 1.807) is 19.1 Å². The summed E-state index contributed by atoms with van der Waals surface area (Å²) >= 11 is 0. The number of hydrogen-bond acceptors (Lipinski definition) is 6. The molecule has 3 aliphatic heterocycles. The smallest absolute Gasteiger partial charge is 0.313 e. The Morgan fingerprint density at radius 2 is 2.26 bits per heavy atom. The molecular weight excluding hydrogens is 348 g/mol. The molecular formula is C21H24O6. The van der Waals surface area contributed by atoms with Gasteiger partial charge in [-0.2, -0.15) is 0 Å². The van der Waals surface area contributed by atoms with E-state index in [0.717, 1.165) is 6.42 Å². The van der Waals surface area contributed by atoms with Gasteiger partial charge in [-0.15, -0.1) is 6.58 Å². The Bertz CT molecular complexity index is 786. The number of ketones is 1. The molecule has 7 aliphatic rings. The highest BCUT2D eigenvalue weighted by atomic mass is 16.6. The third kappa shape index (κ3) is 1.66. The van der Waals surface area contributed by atoms with Crippen LogP contribution in [0.4, 0.5) is 0 Å². The van der Waals surface area contributed by atoms with Crippen molar-refractivity contribution < 1.29 is 28.6 Å². The van der Waals surface area contributed by atoms with Crippen LogP contribution in [0.25, 0.3) is 0 Å². The van der Waals surface area contributed by atoms with Crippen molar-refractivity contribution >= 4 is 17.7 Å². The van der Waals surface area contributed by atoms with Crippen molar-refractivity contribution in [2.24, 2.45) is 29.1 Å². The quantitative estimate of drug-likeness (QED) is 0.542. The molecule has 0 N–H and O–H groups in total. The molecule has 7 rings (SSSR count). The Morgan fingerprint density at radius 3 is 3.00 bits per heavy atom. The lowest BCUT2D eigenvalue weighted by Crippen LogP contribution is -2.84. The van der Waals surface area contributed by atoms with Crippen LogP contribution >= 0.6 is 0 Å². The number of esters is 2. The van der Waals surface area contributed by atoms with Gasteiger partial charge in [-0.05, 0) is 32.1 Å². The molecule has 3 heterocycles. The topological polar surface area (TPSA) is 78.9 Å². The maximum absolute atomic E-state index is 13.8. The van der Waals surface area contributed by atoms with Crippen molar-refractivity contribution in [2.75, 3.05) is 13.2 Å². The van der Waals surface area contributed by atoms with E-state index in [0.29, 0.717) is 19.4 Å². The highest BCUT2D eigenvalue weighted by Crippen LogP contribution is 2.72. The molecule has 144 valence electrons. The lowest BCUT2D eigenvalue weighted by molar-refractivity contribution is -0.310. The SMILES string of the molecule is C=CCCC1(C(=O)OCC)C2C=CC34OCC(CC13)[C@H]1CC(=O)OC14C2=O. The minimum absolute atomic E-state index is 0.0391. The summed E-state index contributed by atoms with van der Waals surface area (Å²) in [6.45, 7) is 6.31. The number of carbonyl (C=O) groups excluding carboxylic acids is 3. The van der Waals surface area contributed by atoms with Crippen LogP contribution in [0, 0.1) is 29.1 Å². The van der Waals surface area contributed by atoms with Gasteiger partial charge < -0.3 is 14.2 Å². The Balaban J connectivity index is 1.73. The largest absolute Gasteiger partial charge is 0.466 e. The van der Waals surface area contributed by atoms with Crippen molar-refractivity contribution in [1.29, 1.82) is 0 Å². The summed E-state index contributed by atoms with van der Waals surface area (Å²) in [5.74, 6) is -1.87. The number of allylic oxidation sites excluding steroid dienone is 2. The number of ether oxygens (including phenoxy) is 3. The Labute approximate surface area is 157 Å². The first kappa shape index (κ1) is 17.2. The summed E-state index contributed by atoms with van der Waals surface area (Å²) in [5.41, 5.74) is -3.31. The van der Waals surface area contributed by atoms with E-state index < -0.39 is 22.5 Å². The van der Waals surface area contributed by atoms with Crippen LogP contribution in [0.3, 0.4) is 0 Å². The molecule has 6 heteroatoms. The lowest BCUT2D eigenvalue weighted by Gasteiger charge is -2.70. The van der Waals surface area contributed by atoms with Crippen molar-refractivity contribution in [3.05, 3.63) is 24.8 Å². The van der Waals surface area contributed by atoms with Crippen LogP contribution in [0.5, 0.6) is 0 Å². The van der Waals surface area contributed by atoms with E-state index in [1.807, 2.05) is 6.08 Å². The van der Waals surface area contributed by atoms with Gasteiger partial charge in [-0.3, -0.25) is 14.4 Å². The minimum atomic E-state index is -1.26. The van der Waals surface area contributed by atoms with Gasteiger partial charge in [-0.25, -0.2) is 0 Å². The Kier molecular flexibility index (Phi) is 3.38. The molecule has 27 heavy (non-hydrogen) atoms. The van der Waals surface area contributed by atoms with Gasteiger partial charge in [0.05, 0.1) is 31.0 Å². The second kappa shape index (κ2) is 5.31. The van der Waals surface area contributed by atoms with E-state index in [1.165, 1.54) is 0 Å². The summed E-state index contributed by atoms with van der Waals surface area (Å²) in [6, 6.07) is 0. The van der Waals surface area contributed by atoms with E-state index >= 15 is 0 Å². The van der Waals surface area contributed by atoms with Crippen LogP contribution < -0.4 is 0 Å². The molecule has 0 aromatic rings. The number of rotatable bonds is 5. The van der Waals surface area contributed by atoms with Crippen LogP contribution in [-0.2, 0) is 28.6 Å². The molecule has 7 atom stereocenters. The summed E-state index contributed by atoms with van der Waals surface area (Å²) < 4.78 is 17.6. The molecule has 0 aromatic heterocycles. The second-order valence-electron chi connectivity index (χ2n) is 8.46. The first-order chi connectivity index (χ1) is 13.0. The summed E-state index contributed by atoms with van der Waals surface area (Å²) in [5, 5.41) is 0. The zero-order chi connectivity index (χ0) is 19.0. The Hall–Kier alpha value is -1.95. The molecule has 5 fully saturated rings. The minimum Gasteiger partial charge on any atom is -0.466 e. The number of carbonyl (C=O) groups is 3. The molecule has 0 radical (unpaired) electrons. The molecule has 6 unspecified atom stereocenters. The van der Waals surface area contributed by atoms with Crippen molar-refractivity contribution in [2.45, 2.75) is 43.8 Å². The Morgan fingerprint density at radius 1 is 1.44 bits per heavy atom. The monoisotopic (exact) mass is 372 g/mol. The normalized spacial score (nSPS) is 48.3. The average Bonchev–Trinajstić information content (AvgIpc) is 3.04.